The zero-order valence-electron chi connectivity index (χ0n) is 19.3. The van der Waals surface area contributed by atoms with E-state index in [0.717, 1.165) is 57.1 Å². The van der Waals surface area contributed by atoms with E-state index in [-0.39, 0.29) is 22.6 Å². The number of hydrogen-bond donors (Lipinski definition) is 1. The number of carbonyl (C=O) groups is 1. The number of benzene rings is 1. The number of fused-ring (bicyclic) bond motifs is 5. The van der Waals surface area contributed by atoms with Crippen LogP contribution in [0.15, 0.2) is 41.1 Å². The summed E-state index contributed by atoms with van der Waals surface area (Å²) >= 11 is 0. The number of nitrogens with zero attached hydrogens (tertiary/aromatic N) is 2. The molecule has 4 aliphatic rings. The molecule has 0 amide bonds. The van der Waals surface area contributed by atoms with Crippen LogP contribution in [0.1, 0.15) is 75.6 Å². The summed E-state index contributed by atoms with van der Waals surface area (Å²) in [4.78, 5) is 23.0. The lowest BCUT2D eigenvalue weighted by Crippen LogP contribution is -2.50. The topological polar surface area (TPSA) is 102 Å². The van der Waals surface area contributed by atoms with Gasteiger partial charge in [0.15, 0.2) is 0 Å². The van der Waals surface area contributed by atoms with Crippen molar-refractivity contribution < 1.29 is 19.7 Å². The Bertz CT molecular complexity index is 1030. The number of rotatable bonds is 3. The Balaban J connectivity index is 1.29. The van der Waals surface area contributed by atoms with Gasteiger partial charge in [-0.3, -0.25) is 10.1 Å². The molecule has 3 fully saturated rings. The van der Waals surface area contributed by atoms with E-state index >= 15 is 0 Å². The fraction of sp³-hybridized carbons (Fsp3) is 0.615. The molecule has 0 aromatic heterocycles. The monoisotopic (exact) mass is 452 g/mol. The molecule has 1 aromatic rings. The van der Waals surface area contributed by atoms with Crippen LogP contribution in [0.2, 0.25) is 0 Å². The number of non-ortho nitro benzene ring substituents is 1. The predicted molar refractivity (Wildman–Crippen MR) is 123 cm³/mol. The van der Waals surface area contributed by atoms with Crippen LogP contribution < -0.4 is 0 Å². The van der Waals surface area contributed by atoms with Crippen LogP contribution in [0.5, 0.6) is 0 Å². The van der Waals surface area contributed by atoms with Crippen molar-refractivity contribution in [3.05, 3.63) is 51.6 Å². The van der Waals surface area contributed by atoms with E-state index in [1.165, 1.54) is 29.8 Å². The van der Waals surface area contributed by atoms with E-state index in [9.17, 15) is 20.1 Å². The first-order valence-corrected chi connectivity index (χ1v) is 12.1. The van der Waals surface area contributed by atoms with Crippen LogP contribution in [0.25, 0.3) is 0 Å². The minimum Gasteiger partial charge on any atom is -0.458 e. The van der Waals surface area contributed by atoms with Crippen molar-refractivity contribution in [3.8, 4) is 0 Å². The van der Waals surface area contributed by atoms with E-state index in [1.807, 2.05) is 0 Å². The van der Waals surface area contributed by atoms with Crippen LogP contribution in [0, 0.1) is 38.7 Å². The number of nitro groups is 1. The lowest BCUT2D eigenvalue weighted by atomic mass is 9.48. The predicted octanol–water partition coefficient (Wildman–Crippen LogP) is 5.91. The molecule has 0 radical (unpaired) electrons. The fourth-order valence-corrected chi connectivity index (χ4v) is 7.62. The molecule has 176 valence electrons. The Labute approximate surface area is 194 Å². The second-order valence-electron chi connectivity index (χ2n) is 10.9. The van der Waals surface area contributed by atoms with Crippen LogP contribution in [-0.4, -0.2) is 27.9 Å². The Kier molecular flexibility index (Phi) is 5.33. The van der Waals surface area contributed by atoms with Crippen LogP contribution in [-0.2, 0) is 4.74 Å². The summed E-state index contributed by atoms with van der Waals surface area (Å²) < 4.78 is 5.83. The molecular weight excluding hydrogens is 420 g/mol. The molecule has 1 aromatic carbocycles. The summed E-state index contributed by atoms with van der Waals surface area (Å²) in [6.45, 7) is 4.70. The van der Waals surface area contributed by atoms with E-state index in [1.54, 1.807) is 0 Å². The minimum atomic E-state index is -0.475. The van der Waals surface area contributed by atoms with Crippen molar-refractivity contribution in [2.45, 2.75) is 71.3 Å². The largest absolute Gasteiger partial charge is 0.458 e. The zero-order valence-corrected chi connectivity index (χ0v) is 19.3. The Morgan fingerprint density at radius 2 is 1.82 bits per heavy atom. The van der Waals surface area contributed by atoms with Gasteiger partial charge in [0.2, 0.25) is 0 Å². The first-order valence-electron chi connectivity index (χ1n) is 12.1. The highest BCUT2D eigenvalue weighted by Gasteiger charge is 2.58. The number of esters is 1. The van der Waals surface area contributed by atoms with Gasteiger partial charge in [-0.15, -0.1) is 0 Å². The standard InChI is InChI=1S/C26H32N2O5/c1-25-13-11-19(33-24(29)16-3-6-18(7-4-16)28(31)32)15-17(25)5-8-20-21-9-10-23(27-30)26(21,2)14-12-22(20)25/h3-7,19-22,30H,8-15H2,1-2H3/b27-23-/t19-,20?,21?,22?,25-,26-/m0/s1. The number of oxime groups is 1. The number of carbonyl (C=O) groups excluding carboxylic acids is 1. The highest BCUT2D eigenvalue weighted by atomic mass is 16.6. The molecule has 33 heavy (non-hydrogen) atoms. The van der Waals surface area contributed by atoms with E-state index < -0.39 is 10.9 Å². The third-order valence-electron chi connectivity index (χ3n) is 9.51. The summed E-state index contributed by atoms with van der Waals surface area (Å²) in [5.74, 6) is 1.41. The first kappa shape index (κ1) is 22.1. The zero-order chi connectivity index (χ0) is 23.4. The average Bonchev–Trinajstić information content (AvgIpc) is 3.15. The third kappa shape index (κ3) is 3.47. The molecule has 0 bridgehead atoms. The van der Waals surface area contributed by atoms with E-state index in [4.69, 9.17) is 4.74 Å². The van der Waals surface area contributed by atoms with Gasteiger partial charge in [0.05, 0.1) is 16.2 Å². The van der Waals surface area contributed by atoms with Crippen molar-refractivity contribution >= 4 is 17.4 Å². The van der Waals surface area contributed by atoms with Gasteiger partial charge in [-0.2, -0.15) is 0 Å². The Morgan fingerprint density at radius 3 is 2.52 bits per heavy atom. The number of ether oxygens (including phenoxy) is 1. The smallest absolute Gasteiger partial charge is 0.338 e. The van der Waals surface area contributed by atoms with Crippen LogP contribution >= 0.6 is 0 Å². The molecule has 0 saturated heterocycles. The summed E-state index contributed by atoms with van der Waals surface area (Å²) in [5.41, 5.74) is 2.90. The van der Waals surface area contributed by atoms with Crippen molar-refractivity contribution in [2.24, 2.45) is 33.7 Å². The van der Waals surface area contributed by atoms with Crippen LogP contribution in [0.4, 0.5) is 5.69 Å². The maximum Gasteiger partial charge on any atom is 0.338 e. The van der Waals surface area contributed by atoms with E-state index in [0.29, 0.717) is 23.3 Å². The first-order chi connectivity index (χ1) is 15.8. The molecular formula is C26H32N2O5. The fourth-order valence-electron chi connectivity index (χ4n) is 7.62. The number of nitro benzene ring substituents is 1. The van der Waals surface area contributed by atoms with Gasteiger partial charge in [-0.1, -0.05) is 30.7 Å². The molecule has 3 saturated carbocycles. The molecule has 0 spiro atoms. The molecule has 7 heteroatoms. The van der Waals surface area contributed by atoms with Gasteiger partial charge < -0.3 is 9.94 Å². The second-order valence-corrected chi connectivity index (χ2v) is 10.9. The maximum absolute atomic E-state index is 12.6. The lowest BCUT2D eigenvalue weighted by molar-refractivity contribution is -0.384. The maximum atomic E-state index is 12.6. The molecule has 1 N–H and O–H groups in total. The molecule has 3 unspecified atom stereocenters. The van der Waals surface area contributed by atoms with Gasteiger partial charge in [0.25, 0.3) is 5.69 Å². The van der Waals surface area contributed by atoms with Crippen molar-refractivity contribution in [3.63, 3.8) is 0 Å². The molecule has 7 nitrogen and oxygen atoms in total. The SMILES string of the molecule is C[C@]12CC[C@H](OC(=O)c3ccc([N+](=O)[O-])cc3)CC1=CCC1C2CC[C@]2(C)/C(=N\O)CCC12. The van der Waals surface area contributed by atoms with E-state index in [2.05, 4.69) is 25.1 Å². The third-order valence-corrected chi connectivity index (χ3v) is 9.51. The molecule has 0 heterocycles. The number of hydrogen-bond acceptors (Lipinski definition) is 6. The van der Waals surface area contributed by atoms with Gasteiger partial charge in [-0.05, 0) is 80.2 Å². The number of allylic oxidation sites excluding steroid dienone is 1. The highest BCUT2D eigenvalue weighted by molar-refractivity contribution is 5.92. The van der Waals surface area contributed by atoms with Crippen molar-refractivity contribution in [2.75, 3.05) is 0 Å². The molecule has 6 atom stereocenters. The molecule has 0 aliphatic heterocycles. The summed E-state index contributed by atoms with van der Waals surface area (Å²) in [6.07, 6.45) is 10.2. The van der Waals surface area contributed by atoms with Crippen molar-refractivity contribution in [1.82, 2.24) is 0 Å². The summed E-state index contributed by atoms with van der Waals surface area (Å²) in [7, 11) is 0. The molecule has 5 rings (SSSR count). The Morgan fingerprint density at radius 1 is 1.12 bits per heavy atom. The summed E-state index contributed by atoms with van der Waals surface area (Å²) in [6, 6.07) is 5.60. The van der Waals surface area contributed by atoms with Gasteiger partial charge >= 0.3 is 5.97 Å². The average molecular weight is 453 g/mol. The summed E-state index contributed by atoms with van der Waals surface area (Å²) in [5, 5.41) is 24.0. The normalized spacial score (nSPS) is 38.6. The van der Waals surface area contributed by atoms with Crippen molar-refractivity contribution in [1.29, 1.82) is 0 Å². The van der Waals surface area contributed by atoms with Gasteiger partial charge in [0, 0.05) is 24.0 Å². The molecule has 4 aliphatic carbocycles. The van der Waals surface area contributed by atoms with Crippen LogP contribution in [0.3, 0.4) is 0 Å². The van der Waals surface area contributed by atoms with Gasteiger partial charge in [0.1, 0.15) is 6.10 Å². The lowest BCUT2D eigenvalue weighted by Gasteiger charge is -2.57. The minimum absolute atomic E-state index is 0.0368. The quantitative estimate of drug-likeness (QED) is 0.202. The second kappa shape index (κ2) is 7.96. The Hall–Kier alpha value is -2.70. The van der Waals surface area contributed by atoms with Gasteiger partial charge in [-0.25, -0.2) is 4.79 Å². The highest BCUT2D eigenvalue weighted by Crippen LogP contribution is 2.64.